The van der Waals surface area contributed by atoms with Gasteiger partial charge in [0.1, 0.15) is 5.60 Å². The molecule has 108 valence electrons. The van der Waals surface area contributed by atoms with Crippen LogP contribution in [0.5, 0.6) is 0 Å². The molecule has 0 aliphatic rings. The third-order valence-electron chi connectivity index (χ3n) is 2.71. The molecule has 1 unspecified atom stereocenters. The van der Waals surface area contributed by atoms with Gasteiger partial charge in [-0.1, -0.05) is 6.07 Å². The van der Waals surface area contributed by atoms with Crippen molar-refractivity contribution in [3.8, 4) is 0 Å². The third-order valence-corrected chi connectivity index (χ3v) is 4.53. The van der Waals surface area contributed by atoms with Crippen LogP contribution in [0.3, 0.4) is 0 Å². The predicted octanol–water partition coefficient (Wildman–Crippen LogP) is 2.40. The van der Waals surface area contributed by atoms with E-state index in [1.54, 1.807) is 6.92 Å². The first-order chi connectivity index (χ1) is 9.06. The highest BCUT2D eigenvalue weighted by molar-refractivity contribution is 7.98. The monoisotopic (exact) mass is 302 g/mol. The number of urea groups is 1. The van der Waals surface area contributed by atoms with Crippen molar-refractivity contribution in [2.24, 2.45) is 0 Å². The first-order valence-electron chi connectivity index (χ1n) is 6.33. The summed E-state index contributed by atoms with van der Waals surface area (Å²) in [6.45, 7) is 2.59. The number of hydrogen-bond donors (Lipinski definition) is 3. The number of nitrogens with one attached hydrogen (secondary N) is 2. The van der Waals surface area contributed by atoms with Gasteiger partial charge in [0.15, 0.2) is 0 Å². The second-order valence-electron chi connectivity index (χ2n) is 4.56. The molecule has 3 N–H and O–H groups in total. The second-order valence-corrected chi connectivity index (χ2v) is 6.49. The molecule has 0 bridgehead atoms. The molecule has 0 aromatic carbocycles. The van der Waals surface area contributed by atoms with E-state index < -0.39 is 5.60 Å². The fourth-order valence-electron chi connectivity index (χ4n) is 1.56. The highest BCUT2D eigenvalue weighted by atomic mass is 32.2. The molecular formula is C13H22N2O2S2. The first kappa shape index (κ1) is 16.3. The molecule has 0 radical (unpaired) electrons. The molecule has 1 rings (SSSR count). The highest BCUT2D eigenvalue weighted by Gasteiger charge is 2.24. The Morgan fingerprint density at radius 2 is 2.26 bits per heavy atom. The fraction of sp³-hybridized carbons (Fsp3) is 0.615. The van der Waals surface area contributed by atoms with Crippen molar-refractivity contribution in [1.29, 1.82) is 0 Å². The van der Waals surface area contributed by atoms with Crippen LogP contribution in [0, 0.1) is 0 Å². The van der Waals surface area contributed by atoms with Crippen molar-refractivity contribution in [2.75, 3.05) is 25.1 Å². The summed E-state index contributed by atoms with van der Waals surface area (Å²) >= 11 is 3.30. The number of unbranched alkanes of at least 4 members (excludes halogenated alkanes) is 1. The van der Waals surface area contributed by atoms with Crippen LogP contribution < -0.4 is 10.6 Å². The topological polar surface area (TPSA) is 61.4 Å². The van der Waals surface area contributed by atoms with Crippen LogP contribution in [-0.4, -0.2) is 36.2 Å². The van der Waals surface area contributed by atoms with E-state index in [1.165, 1.54) is 11.3 Å². The standard InChI is InChI=1S/C13H22N2O2S2/c1-13(17,11-6-5-9-19-11)10-15-12(16)14-7-3-4-8-18-2/h5-6,9,17H,3-4,7-8,10H2,1-2H3,(H2,14,15,16). The van der Waals surface area contributed by atoms with E-state index in [4.69, 9.17) is 0 Å². The molecule has 0 saturated carbocycles. The minimum atomic E-state index is -1.01. The average molecular weight is 302 g/mol. The van der Waals surface area contributed by atoms with Gasteiger partial charge in [-0.2, -0.15) is 11.8 Å². The van der Waals surface area contributed by atoms with Gasteiger partial charge in [-0.25, -0.2) is 4.79 Å². The quantitative estimate of drug-likeness (QED) is 0.646. The number of carbonyl (C=O) groups excluding carboxylic acids is 1. The van der Waals surface area contributed by atoms with E-state index in [0.29, 0.717) is 6.54 Å². The van der Waals surface area contributed by atoms with Gasteiger partial charge in [0.2, 0.25) is 0 Å². The lowest BCUT2D eigenvalue weighted by Gasteiger charge is -2.22. The molecule has 1 aromatic rings. The third kappa shape index (κ3) is 6.31. The summed E-state index contributed by atoms with van der Waals surface area (Å²) in [5, 5.41) is 17.6. The molecule has 0 aliphatic carbocycles. The van der Waals surface area contributed by atoms with Crippen molar-refractivity contribution in [3.05, 3.63) is 22.4 Å². The van der Waals surface area contributed by atoms with E-state index in [0.717, 1.165) is 23.5 Å². The Balaban J connectivity index is 2.19. The summed E-state index contributed by atoms with van der Waals surface area (Å²) in [5.74, 6) is 1.12. The molecule has 1 heterocycles. The van der Waals surface area contributed by atoms with Gasteiger partial charge < -0.3 is 15.7 Å². The van der Waals surface area contributed by atoms with Crippen molar-refractivity contribution < 1.29 is 9.90 Å². The molecule has 0 spiro atoms. The maximum Gasteiger partial charge on any atom is 0.314 e. The number of carbonyl (C=O) groups is 1. The average Bonchev–Trinajstić information content (AvgIpc) is 2.91. The van der Waals surface area contributed by atoms with Gasteiger partial charge in [0.05, 0.1) is 6.54 Å². The van der Waals surface area contributed by atoms with E-state index in [2.05, 4.69) is 16.9 Å². The number of thiophene rings is 1. The van der Waals surface area contributed by atoms with Crippen molar-refractivity contribution in [2.45, 2.75) is 25.4 Å². The minimum Gasteiger partial charge on any atom is -0.383 e. The molecule has 0 fully saturated rings. The molecule has 6 heteroatoms. The number of aliphatic hydroxyl groups is 1. The van der Waals surface area contributed by atoms with Gasteiger partial charge >= 0.3 is 6.03 Å². The second kappa shape index (κ2) is 8.45. The lowest BCUT2D eigenvalue weighted by molar-refractivity contribution is 0.0631. The largest absolute Gasteiger partial charge is 0.383 e. The number of thioether (sulfide) groups is 1. The molecular weight excluding hydrogens is 280 g/mol. The van der Waals surface area contributed by atoms with Crippen LogP contribution >= 0.6 is 23.1 Å². The fourth-order valence-corrected chi connectivity index (χ4v) is 2.84. The number of amides is 2. The van der Waals surface area contributed by atoms with Gasteiger partial charge in [-0.15, -0.1) is 11.3 Å². The van der Waals surface area contributed by atoms with Crippen LogP contribution in [0.15, 0.2) is 17.5 Å². The van der Waals surface area contributed by atoms with Crippen molar-refractivity contribution in [1.82, 2.24) is 10.6 Å². The summed E-state index contributed by atoms with van der Waals surface area (Å²) in [7, 11) is 0. The summed E-state index contributed by atoms with van der Waals surface area (Å²) in [5.41, 5.74) is -1.01. The Bertz CT molecular complexity index is 367. The zero-order valence-corrected chi connectivity index (χ0v) is 13.1. The smallest absolute Gasteiger partial charge is 0.314 e. The summed E-state index contributed by atoms with van der Waals surface area (Å²) < 4.78 is 0. The Morgan fingerprint density at radius 1 is 1.47 bits per heavy atom. The Labute approximate surface area is 123 Å². The van der Waals surface area contributed by atoms with Crippen LogP contribution in [0.1, 0.15) is 24.6 Å². The molecule has 19 heavy (non-hydrogen) atoms. The van der Waals surface area contributed by atoms with Crippen LogP contribution in [0.4, 0.5) is 4.79 Å². The maximum atomic E-state index is 11.6. The molecule has 0 aliphatic heterocycles. The molecule has 4 nitrogen and oxygen atoms in total. The van der Waals surface area contributed by atoms with Gasteiger partial charge in [-0.3, -0.25) is 0 Å². The Morgan fingerprint density at radius 3 is 2.89 bits per heavy atom. The molecule has 1 aromatic heterocycles. The SMILES string of the molecule is CSCCCCNC(=O)NCC(C)(O)c1cccs1. The molecule has 1 atom stereocenters. The zero-order valence-electron chi connectivity index (χ0n) is 11.4. The minimum absolute atomic E-state index is 0.212. The first-order valence-corrected chi connectivity index (χ1v) is 8.60. The highest BCUT2D eigenvalue weighted by Crippen LogP contribution is 2.24. The molecule has 2 amide bonds. The summed E-state index contributed by atoms with van der Waals surface area (Å²) in [6.07, 6.45) is 4.16. The Hall–Kier alpha value is -0.720. The Kier molecular flexibility index (Phi) is 7.27. The van der Waals surface area contributed by atoms with Gasteiger partial charge in [0, 0.05) is 11.4 Å². The number of rotatable bonds is 8. The predicted molar refractivity (Wildman–Crippen MR) is 82.9 cm³/mol. The zero-order chi connectivity index (χ0) is 14.1. The lowest BCUT2D eigenvalue weighted by atomic mass is 10.1. The van der Waals surface area contributed by atoms with Crippen LogP contribution in [-0.2, 0) is 5.60 Å². The lowest BCUT2D eigenvalue weighted by Crippen LogP contribution is -2.43. The van der Waals surface area contributed by atoms with Crippen molar-refractivity contribution >= 4 is 29.1 Å². The summed E-state index contributed by atoms with van der Waals surface area (Å²) in [6, 6.07) is 3.54. The van der Waals surface area contributed by atoms with E-state index in [-0.39, 0.29) is 12.6 Å². The molecule has 0 saturated heterocycles. The maximum absolute atomic E-state index is 11.6. The van der Waals surface area contributed by atoms with Crippen LogP contribution in [0.25, 0.3) is 0 Å². The van der Waals surface area contributed by atoms with Crippen LogP contribution in [0.2, 0.25) is 0 Å². The summed E-state index contributed by atoms with van der Waals surface area (Å²) in [4.78, 5) is 12.4. The van der Waals surface area contributed by atoms with E-state index in [9.17, 15) is 9.90 Å². The van der Waals surface area contributed by atoms with Gasteiger partial charge in [-0.05, 0) is 43.2 Å². The van der Waals surface area contributed by atoms with Crippen molar-refractivity contribution in [3.63, 3.8) is 0 Å². The van der Waals surface area contributed by atoms with E-state index >= 15 is 0 Å². The number of hydrogen-bond acceptors (Lipinski definition) is 4. The normalized spacial score (nSPS) is 13.8. The van der Waals surface area contributed by atoms with E-state index in [1.807, 2.05) is 29.3 Å². The van der Waals surface area contributed by atoms with Gasteiger partial charge in [0.25, 0.3) is 0 Å².